The van der Waals surface area contributed by atoms with Crippen LogP contribution < -0.4 is 14.8 Å². The van der Waals surface area contributed by atoms with Crippen molar-refractivity contribution >= 4 is 5.91 Å². The fourth-order valence-corrected chi connectivity index (χ4v) is 2.05. The van der Waals surface area contributed by atoms with Gasteiger partial charge in [-0.2, -0.15) is 5.10 Å². The van der Waals surface area contributed by atoms with Crippen LogP contribution in [0.25, 0.3) is 0 Å². The van der Waals surface area contributed by atoms with E-state index >= 15 is 0 Å². The summed E-state index contributed by atoms with van der Waals surface area (Å²) >= 11 is 0. The number of nitrogens with one attached hydrogen (secondary N) is 2. The molecule has 2 N–H and O–H groups in total. The van der Waals surface area contributed by atoms with Crippen molar-refractivity contribution < 1.29 is 14.3 Å². The van der Waals surface area contributed by atoms with E-state index in [0.717, 1.165) is 12.2 Å². The maximum absolute atomic E-state index is 12.1. The van der Waals surface area contributed by atoms with Crippen LogP contribution in [0.1, 0.15) is 22.6 Å². The Bertz CT molecular complexity index is 613. The molecule has 0 fully saturated rings. The Kier molecular flexibility index (Phi) is 3.99. The molecule has 2 aromatic rings. The van der Waals surface area contributed by atoms with Crippen LogP contribution in [0.5, 0.6) is 11.5 Å². The molecular formula is C14H16N4O3. The number of aromatic amines is 1. The molecule has 0 bridgehead atoms. The van der Waals surface area contributed by atoms with E-state index in [1.54, 1.807) is 18.2 Å². The van der Waals surface area contributed by atoms with Crippen molar-refractivity contribution in [2.45, 2.75) is 12.8 Å². The third-order valence-electron chi connectivity index (χ3n) is 3.12. The quantitative estimate of drug-likeness (QED) is 0.874. The second-order valence-corrected chi connectivity index (χ2v) is 4.65. The van der Waals surface area contributed by atoms with Crippen LogP contribution in [0.3, 0.4) is 0 Å². The van der Waals surface area contributed by atoms with Crippen LogP contribution in [-0.4, -0.2) is 40.8 Å². The van der Waals surface area contributed by atoms with Crippen LogP contribution in [0.15, 0.2) is 24.5 Å². The van der Waals surface area contributed by atoms with Gasteiger partial charge in [-0.1, -0.05) is 0 Å². The van der Waals surface area contributed by atoms with Gasteiger partial charge in [0.15, 0.2) is 11.5 Å². The van der Waals surface area contributed by atoms with E-state index in [2.05, 4.69) is 20.5 Å². The molecule has 7 nitrogen and oxygen atoms in total. The standard InChI is InChI=1S/C14H16N4O3/c19-14(15-5-4-13-16-9-17-18-13)10-2-3-11-12(8-10)21-7-1-6-20-11/h2-3,8-9H,1,4-7H2,(H,15,19)(H,16,17,18). The molecule has 0 saturated carbocycles. The molecule has 0 radical (unpaired) electrons. The van der Waals surface area contributed by atoms with Gasteiger partial charge >= 0.3 is 0 Å². The largest absolute Gasteiger partial charge is 0.490 e. The lowest BCUT2D eigenvalue weighted by atomic mass is 10.2. The Morgan fingerprint density at radius 2 is 2.14 bits per heavy atom. The van der Waals surface area contributed by atoms with Gasteiger partial charge in [-0.15, -0.1) is 0 Å². The van der Waals surface area contributed by atoms with Crippen molar-refractivity contribution in [2.75, 3.05) is 19.8 Å². The summed E-state index contributed by atoms with van der Waals surface area (Å²) in [4.78, 5) is 16.1. The second-order valence-electron chi connectivity index (χ2n) is 4.65. The van der Waals surface area contributed by atoms with Crippen LogP contribution in [0.4, 0.5) is 0 Å². The lowest BCUT2D eigenvalue weighted by Crippen LogP contribution is -2.26. The summed E-state index contributed by atoms with van der Waals surface area (Å²) in [6.45, 7) is 1.72. The predicted molar refractivity (Wildman–Crippen MR) is 74.5 cm³/mol. The molecule has 1 aromatic heterocycles. The first-order valence-corrected chi connectivity index (χ1v) is 6.85. The minimum Gasteiger partial charge on any atom is -0.490 e. The highest BCUT2D eigenvalue weighted by molar-refractivity contribution is 5.94. The monoisotopic (exact) mass is 288 g/mol. The zero-order valence-corrected chi connectivity index (χ0v) is 11.5. The fourth-order valence-electron chi connectivity index (χ4n) is 2.05. The molecule has 0 unspecified atom stereocenters. The molecule has 3 rings (SSSR count). The van der Waals surface area contributed by atoms with Gasteiger partial charge in [-0.3, -0.25) is 9.89 Å². The van der Waals surface area contributed by atoms with Crippen molar-refractivity contribution in [1.29, 1.82) is 0 Å². The Hall–Kier alpha value is -2.57. The van der Waals surface area contributed by atoms with Crippen LogP contribution in [-0.2, 0) is 6.42 Å². The second kappa shape index (κ2) is 6.25. The number of aromatic nitrogens is 3. The molecule has 0 spiro atoms. The third-order valence-corrected chi connectivity index (χ3v) is 3.12. The molecule has 0 saturated heterocycles. The maximum atomic E-state index is 12.1. The summed E-state index contributed by atoms with van der Waals surface area (Å²) in [6, 6.07) is 5.22. The zero-order valence-electron chi connectivity index (χ0n) is 11.5. The van der Waals surface area contributed by atoms with Gasteiger partial charge < -0.3 is 14.8 Å². The van der Waals surface area contributed by atoms with Crippen molar-refractivity contribution in [3.8, 4) is 11.5 Å². The normalized spacial score (nSPS) is 13.5. The molecule has 0 aliphatic carbocycles. The Balaban J connectivity index is 1.60. The predicted octanol–water partition coefficient (Wildman–Crippen LogP) is 0.938. The van der Waals surface area contributed by atoms with Gasteiger partial charge in [0.05, 0.1) is 13.2 Å². The molecule has 1 aliphatic rings. The molecule has 2 heterocycles. The number of nitrogens with zero attached hydrogens (tertiary/aromatic N) is 2. The minimum atomic E-state index is -0.148. The molecule has 0 atom stereocenters. The molecule has 1 aromatic carbocycles. The van der Waals surface area contributed by atoms with Crippen molar-refractivity contribution in [1.82, 2.24) is 20.5 Å². The molecular weight excluding hydrogens is 272 g/mol. The van der Waals surface area contributed by atoms with Crippen LogP contribution in [0.2, 0.25) is 0 Å². The van der Waals surface area contributed by atoms with Gasteiger partial charge in [-0.25, -0.2) is 4.98 Å². The van der Waals surface area contributed by atoms with Gasteiger partial charge in [0.25, 0.3) is 5.91 Å². The van der Waals surface area contributed by atoms with E-state index in [-0.39, 0.29) is 5.91 Å². The Labute approximate surface area is 121 Å². The minimum absolute atomic E-state index is 0.148. The van der Waals surface area contributed by atoms with E-state index in [0.29, 0.717) is 43.2 Å². The summed E-state index contributed by atoms with van der Waals surface area (Å²) in [5.41, 5.74) is 0.553. The summed E-state index contributed by atoms with van der Waals surface area (Å²) in [5.74, 6) is 1.90. The summed E-state index contributed by atoms with van der Waals surface area (Å²) in [7, 11) is 0. The Morgan fingerprint density at radius 1 is 1.29 bits per heavy atom. The van der Waals surface area contributed by atoms with Crippen LogP contribution >= 0.6 is 0 Å². The molecule has 21 heavy (non-hydrogen) atoms. The first kappa shape index (κ1) is 13.4. The van der Waals surface area contributed by atoms with E-state index < -0.39 is 0 Å². The van der Waals surface area contributed by atoms with Crippen LogP contribution in [0, 0.1) is 0 Å². The van der Waals surface area contributed by atoms with E-state index in [1.807, 2.05) is 0 Å². The lowest BCUT2D eigenvalue weighted by Gasteiger charge is -2.09. The summed E-state index contributed by atoms with van der Waals surface area (Å²) < 4.78 is 11.1. The van der Waals surface area contributed by atoms with Crippen molar-refractivity contribution in [3.05, 3.63) is 35.9 Å². The van der Waals surface area contributed by atoms with Crippen molar-refractivity contribution in [2.24, 2.45) is 0 Å². The van der Waals surface area contributed by atoms with Gasteiger partial charge in [-0.05, 0) is 18.2 Å². The number of carbonyl (C=O) groups excluding carboxylic acids is 1. The number of H-pyrrole nitrogens is 1. The van der Waals surface area contributed by atoms with Gasteiger partial charge in [0.2, 0.25) is 0 Å². The van der Waals surface area contributed by atoms with E-state index in [9.17, 15) is 4.79 Å². The number of ether oxygens (including phenoxy) is 2. The molecule has 1 aliphatic heterocycles. The first-order chi connectivity index (χ1) is 10.3. The Morgan fingerprint density at radius 3 is 2.95 bits per heavy atom. The van der Waals surface area contributed by atoms with E-state index in [1.165, 1.54) is 6.33 Å². The van der Waals surface area contributed by atoms with Gasteiger partial charge in [0, 0.05) is 24.9 Å². The number of hydrogen-bond donors (Lipinski definition) is 2. The highest BCUT2D eigenvalue weighted by Gasteiger charge is 2.13. The third kappa shape index (κ3) is 3.31. The zero-order chi connectivity index (χ0) is 14.5. The SMILES string of the molecule is O=C(NCCc1ncn[nH]1)c1ccc2c(c1)OCCCO2. The maximum Gasteiger partial charge on any atom is 0.251 e. The number of fused-ring (bicyclic) bond motifs is 1. The topological polar surface area (TPSA) is 89.1 Å². The first-order valence-electron chi connectivity index (χ1n) is 6.85. The molecule has 110 valence electrons. The van der Waals surface area contributed by atoms with E-state index in [4.69, 9.17) is 9.47 Å². The lowest BCUT2D eigenvalue weighted by molar-refractivity contribution is 0.0953. The number of benzene rings is 1. The highest BCUT2D eigenvalue weighted by atomic mass is 16.5. The molecule has 1 amide bonds. The number of amides is 1. The highest BCUT2D eigenvalue weighted by Crippen LogP contribution is 2.30. The van der Waals surface area contributed by atoms with Crippen molar-refractivity contribution in [3.63, 3.8) is 0 Å². The summed E-state index contributed by atoms with van der Waals surface area (Å²) in [5, 5.41) is 9.34. The molecule has 7 heteroatoms. The summed E-state index contributed by atoms with van der Waals surface area (Å²) in [6.07, 6.45) is 2.89. The smallest absolute Gasteiger partial charge is 0.251 e. The number of rotatable bonds is 4. The average Bonchev–Trinajstić information content (AvgIpc) is 2.90. The number of hydrogen-bond acceptors (Lipinski definition) is 5. The van der Waals surface area contributed by atoms with Gasteiger partial charge in [0.1, 0.15) is 12.2 Å². The number of carbonyl (C=O) groups is 1. The average molecular weight is 288 g/mol. The fraction of sp³-hybridized carbons (Fsp3) is 0.357.